The molecule has 0 aliphatic carbocycles. The summed E-state index contributed by atoms with van der Waals surface area (Å²) in [6, 6.07) is 25.1. The fraction of sp³-hybridized carbons (Fsp3) is 0.0800. The van der Waals surface area contributed by atoms with Gasteiger partial charge >= 0.3 is 5.97 Å². The SMILES string of the molecule is O=C(COC(=O)c1cc(Cl)nc2ccccc12)c1ccc(OCc2ccccc2)cc1. The molecule has 0 fully saturated rings. The molecule has 0 aliphatic rings. The van der Waals surface area contributed by atoms with Gasteiger partial charge in [0.1, 0.15) is 17.5 Å². The Labute approximate surface area is 184 Å². The molecule has 3 aromatic carbocycles. The lowest BCUT2D eigenvalue weighted by Crippen LogP contribution is -2.14. The molecule has 0 radical (unpaired) electrons. The number of benzene rings is 3. The first-order chi connectivity index (χ1) is 15.1. The van der Waals surface area contributed by atoms with Crippen LogP contribution in [-0.4, -0.2) is 23.3 Å². The number of nitrogens with zero attached hydrogens (tertiary/aromatic N) is 1. The first-order valence-electron chi connectivity index (χ1n) is 9.62. The zero-order chi connectivity index (χ0) is 21.6. The van der Waals surface area contributed by atoms with E-state index in [-0.39, 0.29) is 23.1 Å². The second-order valence-corrected chi connectivity index (χ2v) is 7.19. The van der Waals surface area contributed by atoms with Crippen molar-refractivity contribution >= 4 is 34.3 Å². The van der Waals surface area contributed by atoms with Crippen LogP contribution in [-0.2, 0) is 11.3 Å². The Balaban J connectivity index is 1.37. The van der Waals surface area contributed by atoms with E-state index >= 15 is 0 Å². The van der Waals surface area contributed by atoms with Gasteiger partial charge in [-0.2, -0.15) is 0 Å². The van der Waals surface area contributed by atoms with E-state index in [0.717, 1.165) is 5.56 Å². The summed E-state index contributed by atoms with van der Waals surface area (Å²) in [4.78, 5) is 29.2. The lowest BCUT2D eigenvalue weighted by molar-refractivity contribution is 0.0476. The van der Waals surface area contributed by atoms with E-state index in [0.29, 0.717) is 28.8 Å². The second-order valence-electron chi connectivity index (χ2n) is 6.81. The molecule has 0 unspecified atom stereocenters. The third-order valence-electron chi connectivity index (χ3n) is 4.66. The summed E-state index contributed by atoms with van der Waals surface area (Å²) in [5, 5.41) is 0.798. The van der Waals surface area contributed by atoms with Gasteiger partial charge in [0, 0.05) is 10.9 Å². The molecule has 0 spiro atoms. The molecular weight excluding hydrogens is 414 g/mol. The third-order valence-corrected chi connectivity index (χ3v) is 4.86. The average Bonchev–Trinajstić information content (AvgIpc) is 2.81. The minimum absolute atomic E-state index is 0.183. The summed E-state index contributed by atoms with van der Waals surface area (Å²) in [6.07, 6.45) is 0. The summed E-state index contributed by atoms with van der Waals surface area (Å²) in [5.41, 5.74) is 2.34. The van der Waals surface area contributed by atoms with Crippen LogP contribution in [0.15, 0.2) is 84.9 Å². The van der Waals surface area contributed by atoms with Crippen LogP contribution in [0, 0.1) is 0 Å². The number of hydrogen-bond acceptors (Lipinski definition) is 5. The van der Waals surface area contributed by atoms with Crippen molar-refractivity contribution in [2.75, 3.05) is 6.61 Å². The van der Waals surface area contributed by atoms with Gasteiger partial charge in [-0.3, -0.25) is 4.79 Å². The maximum Gasteiger partial charge on any atom is 0.339 e. The molecule has 0 aliphatic heterocycles. The Morgan fingerprint density at radius 3 is 2.35 bits per heavy atom. The number of carbonyl (C=O) groups is 2. The number of pyridine rings is 1. The number of carbonyl (C=O) groups excluding carboxylic acids is 2. The zero-order valence-electron chi connectivity index (χ0n) is 16.5. The maximum atomic E-state index is 12.5. The van der Waals surface area contributed by atoms with Gasteiger partial charge in [-0.15, -0.1) is 0 Å². The second kappa shape index (κ2) is 9.41. The molecular formula is C25H18ClNO4. The van der Waals surface area contributed by atoms with Crippen LogP contribution < -0.4 is 4.74 Å². The fourth-order valence-electron chi connectivity index (χ4n) is 3.08. The summed E-state index contributed by atoms with van der Waals surface area (Å²) in [7, 11) is 0. The van der Waals surface area contributed by atoms with Crippen molar-refractivity contribution in [3.05, 3.63) is 107 Å². The lowest BCUT2D eigenvalue weighted by Gasteiger charge is -2.09. The predicted octanol–water partition coefficient (Wildman–Crippen LogP) is 5.51. The number of para-hydroxylation sites is 1. The van der Waals surface area contributed by atoms with Gasteiger partial charge in [-0.25, -0.2) is 9.78 Å². The summed E-state index contributed by atoms with van der Waals surface area (Å²) >= 11 is 6.01. The molecule has 154 valence electrons. The predicted molar refractivity (Wildman–Crippen MR) is 119 cm³/mol. The molecule has 0 amide bonds. The van der Waals surface area contributed by atoms with Gasteiger partial charge in [0.25, 0.3) is 0 Å². The molecule has 0 N–H and O–H groups in total. The quantitative estimate of drug-likeness (QED) is 0.219. The lowest BCUT2D eigenvalue weighted by atomic mass is 10.1. The van der Waals surface area contributed by atoms with Crippen LogP contribution in [0.25, 0.3) is 10.9 Å². The monoisotopic (exact) mass is 431 g/mol. The van der Waals surface area contributed by atoms with E-state index < -0.39 is 5.97 Å². The number of halogens is 1. The number of hydrogen-bond donors (Lipinski definition) is 0. The number of aromatic nitrogens is 1. The summed E-state index contributed by atoms with van der Waals surface area (Å²) in [5.74, 6) is -0.292. The van der Waals surface area contributed by atoms with Gasteiger partial charge in [0.2, 0.25) is 0 Å². The van der Waals surface area contributed by atoms with Gasteiger partial charge < -0.3 is 9.47 Å². The number of Topliss-reactive ketones (excluding diaryl/α,β-unsaturated/α-hetero) is 1. The van der Waals surface area contributed by atoms with Crippen molar-refractivity contribution in [3.8, 4) is 5.75 Å². The summed E-state index contributed by atoms with van der Waals surface area (Å²) in [6.45, 7) is 0.0610. The third kappa shape index (κ3) is 5.08. The van der Waals surface area contributed by atoms with E-state index in [1.165, 1.54) is 6.07 Å². The van der Waals surface area contributed by atoms with Crippen LogP contribution in [0.2, 0.25) is 5.15 Å². The molecule has 4 aromatic rings. The average molecular weight is 432 g/mol. The van der Waals surface area contributed by atoms with E-state index in [2.05, 4.69) is 4.98 Å². The van der Waals surface area contributed by atoms with Gasteiger partial charge in [-0.1, -0.05) is 60.1 Å². The number of fused-ring (bicyclic) bond motifs is 1. The van der Waals surface area contributed by atoms with Gasteiger partial charge in [0.15, 0.2) is 12.4 Å². The van der Waals surface area contributed by atoms with Crippen molar-refractivity contribution in [1.29, 1.82) is 0 Å². The Morgan fingerprint density at radius 1 is 0.871 bits per heavy atom. The van der Waals surface area contributed by atoms with Crippen molar-refractivity contribution in [3.63, 3.8) is 0 Å². The zero-order valence-corrected chi connectivity index (χ0v) is 17.2. The van der Waals surface area contributed by atoms with E-state index in [1.54, 1.807) is 48.5 Å². The van der Waals surface area contributed by atoms with E-state index in [4.69, 9.17) is 21.1 Å². The molecule has 5 nitrogen and oxygen atoms in total. The molecule has 0 atom stereocenters. The van der Waals surface area contributed by atoms with Crippen LogP contribution in [0.4, 0.5) is 0 Å². The Morgan fingerprint density at radius 2 is 1.58 bits per heavy atom. The minimum Gasteiger partial charge on any atom is -0.489 e. The molecule has 31 heavy (non-hydrogen) atoms. The van der Waals surface area contributed by atoms with E-state index in [9.17, 15) is 9.59 Å². The van der Waals surface area contributed by atoms with Crippen molar-refractivity contribution < 1.29 is 19.1 Å². The molecule has 0 bridgehead atoms. The molecule has 0 saturated heterocycles. The van der Waals surface area contributed by atoms with Gasteiger partial charge in [0.05, 0.1) is 11.1 Å². The van der Waals surface area contributed by atoms with E-state index in [1.807, 2.05) is 30.3 Å². The van der Waals surface area contributed by atoms with Gasteiger partial charge in [-0.05, 0) is 42.0 Å². The van der Waals surface area contributed by atoms with Crippen LogP contribution >= 0.6 is 11.6 Å². The fourth-order valence-corrected chi connectivity index (χ4v) is 3.28. The topological polar surface area (TPSA) is 65.5 Å². The van der Waals surface area contributed by atoms with Crippen molar-refractivity contribution in [2.45, 2.75) is 6.61 Å². The highest BCUT2D eigenvalue weighted by molar-refractivity contribution is 6.30. The molecule has 4 rings (SSSR count). The maximum absolute atomic E-state index is 12.5. The van der Waals surface area contributed by atoms with Crippen LogP contribution in [0.1, 0.15) is 26.3 Å². The highest BCUT2D eigenvalue weighted by Crippen LogP contribution is 2.22. The molecule has 0 saturated carbocycles. The highest BCUT2D eigenvalue weighted by atomic mass is 35.5. The number of rotatable bonds is 7. The van der Waals surface area contributed by atoms with Crippen molar-refractivity contribution in [2.24, 2.45) is 0 Å². The Bertz CT molecular complexity index is 1220. The molecule has 1 aromatic heterocycles. The number of ether oxygens (including phenoxy) is 2. The number of esters is 1. The normalized spacial score (nSPS) is 10.6. The highest BCUT2D eigenvalue weighted by Gasteiger charge is 2.16. The van der Waals surface area contributed by atoms with Crippen LogP contribution in [0.3, 0.4) is 0 Å². The Kier molecular flexibility index (Phi) is 6.24. The molecule has 1 heterocycles. The largest absolute Gasteiger partial charge is 0.489 e. The first kappa shape index (κ1) is 20.6. The smallest absolute Gasteiger partial charge is 0.339 e. The first-order valence-corrected chi connectivity index (χ1v) is 10.0. The number of ketones is 1. The van der Waals surface area contributed by atoms with Crippen molar-refractivity contribution in [1.82, 2.24) is 4.98 Å². The summed E-state index contributed by atoms with van der Waals surface area (Å²) < 4.78 is 11.0. The molecule has 6 heteroatoms. The Hall–Kier alpha value is -3.70. The minimum atomic E-state index is -0.628. The standard InChI is InChI=1S/C25H18ClNO4/c26-24-14-21(20-8-4-5-9-22(20)27-24)25(29)31-16-23(28)18-10-12-19(13-11-18)30-15-17-6-2-1-3-7-17/h1-14H,15-16H2. The van der Waals surface area contributed by atoms with Crippen LogP contribution in [0.5, 0.6) is 5.75 Å².